The van der Waals surface area contributed by atoms with E-state index in [-0.39, 0.29) is 31.5 Å². The first-order valence-electron chi connectivity index (χ1n) is 7.36. The second-order valence-electron chi connectivity index (χ2n) is 4.84. The molecule has 0 saturated heterocycles. The van der Waals surface area contributed by atoms with E-state index in [2.05, 4.69) is 5.32 Å². The number of aldehydes is 1. The first kappa shape index (κ1) is 19.9. The molecule has 7 nitrogen and oxygen atoms in total. The van der Waals surface area contributed by atoms with Crippen LogP contribution in [0.15, 0.2) is 54.6 Å². The quantitative estimate of drug-likeness (QED) is 0.337. The van der Waals surface area contributed by atoms with Gasteiger partial charge in [0.15, 0.2) is 6.29 Å². The lowest BCUT2D eigenvalue weighted by atomic mass is 10.1. The summed E-state index contributed by atoms with van der Waals surface area (Å²) in [5.74, 6) is -0.0405. The summed E-state index contributed by atoms with van der Waals surface area (Å²) in [6.45, 7) is 0.740. The van der Waals surface area contributed by atoms with Crippen LogP contribution in [-0.2, 0) is 16.1 Å². The summed E-state index contributed by atoms with van der Waals surface area (Å²) in [4.78, 5) is 33.1. The van der Waals surface area contributed by atoms with Crippen LogP contribution in [0.2, 0.25) is 0 Å². The number of hydrogen-bond acceptors (Lipinski definition) is 5. The van der Waals surface area contributed by atoms with E-state index in [1.165, 1.54) is 12.1 Å². The maximum Gasteiger partial charge on any atom is 0.407 e. The van der Waals surface area contributed by atoms with Crippen LogP contribution >= 0.6 is 0 Å². The highest BCUT2D eigenvalue weighted by Gasteiger charge is 2.04. The number of Topliss-reactive ketones (excluding diaryl/α,β-unsaturated/α-hetero) is 1. The lowest BCUT2D eigenvalue weighted by Gasteiger charge is -2.09. The summed E-state index contributed by atoms with van der Waals surface area (Å²) in [6, 6.07) is 15.6. The number of carbonyl (C=O) groups is 3. The summed E-state index contributed by atoms with van der Waals surface area (Å²) in [5.41, 5.74) is 1.22. The van der Waals surface area contributed by atoms with E-state index in [4.69, 9.17) is 9.47 Å². The number of rotatable bonds is 8. The first-order valence-corrected chi connectivity index (χ1v) is 7.36. The predicted octanol–water partition coefficient (Wildman–Crippen LogP) is 1.55. The Labute approximate surface area is 144 Å². The highest BCUT2D eigenvalue weighted by molar-refractivity contribution is 6.33. The SMILES string of the molecule is O.O=CC(=O)c1ccc(OCCNC(=O)OCc2ccccc2)cc1. The van der Waals surface area contributed by atoms with Crippen LogP contribution in [0.3, 0.4) is 0 Å². The van der Waals surface area contributed by atoms with Gasteiger partial charge in [0.1, 0.15) is 19.0 Å². The van der Waals surface area contributed by atoms with Gasteiger partial charge in [-0.15, -0.1) is 0 Å². The van der Waals surface area contributed by atoms with E-state index in [1.54, 1.807) is 12.1 Å². The molecule has 2 aromatic carbocycles. The molecule has 0 unspecified atom stereocenters. The van der Waals surface area contributed by atoms with Crippen LogP contribution in [0.4, 0.5) is 4.79 Å². The van der Waals surface area contributed by atoms with Gasteiger partial charge >= 0.3 is 6.09 Å². The molecule has 0 bridgehead atoms. The lowest BCUT2D eigenvalue weighted by molar-refractivity contribution is -0.104. The summed E-state index contributed by atoms with van der Waals surface area (Å²) in [6.07, 6.45) is -0.254. The van der Waals surface area contributed by atoms with Crippen molar-refractivity contribution in [3.05, 3.63) is 65.7 Å². The molecule has 7 heteroatoms. The van der Waals surface area contributed by atoms with Crippen LogP contribution in [0.25, 0.3) is 0 Å². The third-order valence-corrected chi connectivity index (χ3v) is 3.10. The fraction of sp³-hybridized carbons (Fsp3) is 0.167. The van der Waals surface area contributed by atoms with Crippen LogP contribution in [0, 0.1) is 0 Å². The van der Waals surface area contributed by atoms with E-state index >= 15 is 0 Å². The minimum atomic E-state index is -0.579. The van der Waals surface area contributed by atoms with Crippen molar-refractivity contribution in [3.8, 4) is 5.75 Å². The minimum Gasteiger partial charge on any atom is -0.492 e. The van der Waals surface area contributed by atoms with Gasteiger partial charge in [-0.25, -0.2) is 4.79 Å². The molecule has 3 N–H and O–H groups in total. The predicted molar refractivity (Wildman–Crippen MR) is 90.6 cm³/mol. The zero-order valence-corrected chi connectivity index (χ0v) is 13.4. The van der Waals surface area contributed by atoms with Crippen LogP contribution in [0.5, 0.6) is 5.75 Å². The normalized spacial score (nSPS) is 9.44. The van der Waals surface area contributed by atoms with E-state index in [1.807, 2.05) is 30.3 Å². The molecule has 0 aliphatic rings. The highest BCUT2D eigenvalue weighted by atomic mass is 16.5. The van der Waals surface area contributed by atoms with Gasteiger partial charge in [0.05, 0.1) is 6.54 Å². The number of carbonyl (C=O) groups excluding carboxylic acids is 3. The van der Waals surface area contributed by atoms with Crippen LogP contribution in [-0.4, -0.2) is 36.8 Å². The van der Waals surface area contributed by atoms with E-state index in [9.17, 15) is 14.4 Å². The van der Waals surface area contributed by atoms with Crippen molar-refractivity contribution in [1.82, 2.24) is 5.32 Å². The second kappa shape index (κ2) is 10.6. The number of benzene rings is 2. The van der Waals surface area contributed by atoms with Crippen LogP contribution in [0.1, 0.15) is 15.9 Å². The molecule has 0 spiro atoms. The Balaban J connectivity index is 0.00000312. The fourth-order valence-electron chi connectivity index (χ4n) is 1.88. The third kappa shape index (κ3) is 6.84. The molecule has 0 fully saturated rings. The van der Waals surface area contributed by atoms with Crippen molar-refractivity contribution in [2.45, 2.75) is 6.61 Å². The summed E-state index contributed by atoms with van der Waals surface area (Å²) < 4.78 is 10.5. The van der Waals surface area contributed by atoms with Gasteiger partial charge in [0.2, 0.25) is 5.78 Å². The van der Waals surface area contributed by atoms with Crippen molar-refractivity contribution in [1.29, 1.82) is 0 Å². The van der Waals surface area contributed by atoms with Gasteiger partial charge < -0.3 is 20.3 Å². The molecule has 1 amide bonds. The third-order valence-electron chi connectivity index (χ3n) is 3.10. The smallest absolute Gasteiger partial charge is 0.407 e. The molecular formula is C18H19NO6. The Morgan fingerprint density at radius 3 is 2.32 bits per heavy atom. The van der Waals surface area contributed by atoms with Gasteiger partial charge in [-0.3, -0.25) is 9.59 Å². The molecule has 0 aromatic heterocycles. The number of alkyl carbamates (subject to hydrolysis) is 1. The summed E-state index contributed by atoms with van der Waals surface area (Å²) in [7, 11) is 0. The van der Waals surface area contributed by atoms with Gasteiger partial charge in [0.25, 0.3) is 0 Å². The topological polar surface area (TPSA) is 113 Å². The molecule has 0 aliphatic heterocycles. The molecule has 2 aromatic rings. The van der Waals surface area contributed by atoms with Crippen molar-refractivity contribution in [3.63, 3.8) is 0 Å². The minimum absolute atomic E-state index is 0. The zero-order valence-electron chi connectivity index (χ0n) is 13.4. The summed E-state index contributed by atoms with van der Waals surface area (Å²) in [5, 5.41) is 2.58. The molecule has 0 radical (unpaired) electrons. The fourth-order valence-corrected chi connectivity index (χ4v) is 1.88. The maximum atomic E-state index is 11.5. The van der Waals surface area contributed by atoms with Crippen molar-refractivity contribution in [2.24, 2.45) is 0 Å². The molecule has 0 saturated carbocycles. The van der Waals surface area contributed by atoms with Crippen molar-refractivity contribution < 1.29 is 29.3 Å². The van der Waals surface area contributed by atoms with Gasteiger partial charge in [-0.1, -0.05) is 30.3 Å². The second-order valence-corrected chi connectivity index (χ2v) is 4.84. The number of hydrogen-bond donors (Lipinski definition) is 1. The van der Waals surface area contributed by atoms with Crippen molar-refractivity contribution >= 4 is 18.2 Å². The average molecular weight is 345 g/mol. The molecule has 0 aliphatic carbocycles. The molecule has 2 rings (SSSR count). The van der Waals surface area contributed by atoms with Gasteiger partial charge in [-0.2, -0.15) is 0 Å². The number of ketones is 1. The Morgan fingerprint density at radius 1 is 1.00 bits per heavy atom. The summed E-state index contributed by atoms with van der Waals surface area (Å²) >= 11 is 0. The molecule has 132 valence electrons. The largest absolute Gasteiger partial charge is 0.492 e. The number of ether oxygens (including phenoxy) is 2. The van der Waals surface area contributed by atoms with Gasteiger partial charge in [-0.05, 0) is 29.8 Å². The monoisotopic (exact) mass is 345 g/mol. The standard InChI is InChI=1S/C18H17NO5.H2O/c20-12-17(21)15-6-8-16(9-7-15)23-11-10-19-18(22)24-13-14-4-2-1-3-5-14;/h1-9,12H,10-11,13H2,(H,19,22);1H2. The van der Waals surface area contributed by atoms with Crippen molar-refractivity contribution in [2.75, 3.05) is 13.2 Å². The van der Waals surface area contributed by atoms with E-state index < -0.39 is 11.9 Å². The Morgan fingerprint density at radius 2 is 1.68 bits per heavy atom. The number of nitrogens with one attached hydrogen (secondary N) is 1. The highest BCUT2D eigenvalue weighted by Crippen LogP contribution is 2.12. The van der Waals surface area contributed by atoms with Crippen LogP contribution < -0.4 is 10.1 Å². The Kier molecular flexibility index (Phi) is 8.39. The van der Waals surface area contributed by atoms with E-state index in [0.29, 0.717) is 11.3 Å². The first-order chi connectivity index (χ1) is 11.7. The zero-order chi connectivity index (χ0) is 17.2. The molecular weight excluding hydrogens is 326 g/mol. The lowest BCUT2D eigenvalue weighted by Crippen LogP contribution is -2.28. The average Bonchev–Trinajstić information content (AvgIpc) is 2.64. The Bertz CT molecular complexity index is 684. The molecule has 0 heterocycles. The molecule has 25 heavy (non-hydrogen) atoms. The maximum absolute atomic E-state index is 11.5. The molecule has 0 atom stereocenters. The van der Waals surface area contributed by atoms with E-state index in [0.717, 1.165) is 5.56 Å². The van der Waals surface area contributed by atoms with Gasteiger partial charge in [0, 0.05) is 5.56 Å². The number of amides is 1. The Hall–Kier alpha value is -3.19.